The first-order valence-electron chi connectivity index (χ1n) is 5.69. The molecule has 18 heavy (non-hydrogen) atoms. The minimum atomic E-state index is 0.359. The van der Waals surface area contributed by atoms with Gasteiger partial charge in [0.25, 0.3) is 0 Å². The number of hydrogen-bond donors (Lipinski definition) is 1. The second-order valence-electron chi connectivity index (χ2n) is 4.16. The number of ether oxygens (including phenoxy) is 1. The quantitative estimate of drug-likeness (QED) is 0.913. The summed E-state index contributed by atoms with van der Waals surface area (Å²) in [6.07, 6.45) is 0.829. The highest BCUT2D eigenvalue weighted by Crippen LogP contribution is 2.36. The minimum Gasteiger partial charge on any atom is -0.384 e. The van der Waals surface area contributed by atoms with E-state index in [0.717, 1.165) is 27.0 Å². The first kappa shape index (κ1) is 13.4. The van der Waals surface area contributed by atoms with Crippen molar-refractivity contribution in [2.45, 2.75) is 26.2 Å². The van der Waals surface area contributed by atoms with Crippen LogP contribution in [0.4, 0.5) is 5.13 Å². The van der Waals surface area contributed by atoms with Gasteiger partial charge in [0.15, 0.2) is 5.01 Å². The molecule has 2 rings (SSSR count). The lowest BCUT2D eigenvalue weighted by Gasteiger charge is -2.01. The van der Waals surface area contributed by atoms with Crippen molar-refractivity contribution in [1.29, 1.82) is 0 Å². The van der Waals surface area contributed by atoms with Gasteiger partial charge in [0.2, 0.25) is 5.13 Å². The largest absolute Gasteiger partial charge is 0.384 e. The Balaban J connectivity index is 2.35. The molecule has 0 atom stereocenters. The molecule has 5 nitrogen and oxygen atoms in total. The van der Waals surface area contributed by atoms with E-state index in [1.807, 2.05) is 0 Å². The van der Waals surface area contributed by atoms with Crippen molar-refractivity contribution < 1.29 is 4.74 Å². The summed E-state index contributed by atoms with van der Waals surface area (Å²) in [5.41, 5.74) is 6.71. The Kier molecular flexibility index (Phi) is 4.26. The Bertz CT molecular complexity index is 521. The summed E-state index contributed by atoms with van der Waals surface area (Å²) in [5, 5.41) is 10.4. The fourth-order valence-corrected chi connectivity index (χ4v) is 3.43. The fourth-order valence-electron chi connectivity index (χ4n) is 1.55. The van der Waals surface area contributed by atoms with Gasteiger partial charge < -0.3 is 10.5 Å². The molecule has 98 valence electrons. The summed E-state index contributed by atoms with van der Waals surface area (Å²) < 4.78 is 5.09. The van der Waals surface area contributed by atoms with Gasteiger partial charge in [-0.05, 0) is 5.92 Å². The molecule has 0 aliphatic rings. The van der Waals surface area contributed by atoms with Crippen LogP contribution < -0.4 is 5.73 Å². The number of anilines is 1. The third-order valence-corrected chi connectivity index (χ3v) is 4.44. The van der Waals surface area contributed by atoms with Crippen molar-refractivity contribution in [3.8, 4) is 9.88 Å². The fraction of sp³-hybridized carbons (Fsp3) is 0.545. The molecule has 0 saturated heterocycles. The number of aromatic nitrogens is 3. The second kappa shape index (κ2) is 5.73. The summed E-state index contributed by atoms with van der Waals surface area (Å²) in [4.78, 5) is 5.76. The molecule has 7 heteroatoms. The molecule has 0 aromatic carbocycles. The van der Waals surface area contributed by atoms with E-state index in [2.05, 4.69) is 29.0 Å². The second-order valence-corrected chi connectivity index (χ2v) is 6.26. The average Bonchev–Trinajstić information content (AvgIpc) is 2.92. The summed E-state index contributed by atoms with van der Waals surface area (Å²) in [6, 6.07) is 0. The highest BCUT2D eigenvalue weighted by molar-refractivity contribution is 7.23. The number of rotatable bonds is 5. The number of nitrogens with two attached hydrogens (primary N) is 1. The lowest BCUT2D eigenvalue weighted by Crippen LogP contribution is -1.95. The molecular formula is C11H16N4OS2. The van der Waals surface area contributed by atoms with Gasteiger partial charge in [-0.3, -0.25) is 0 Å². The summed E-state index contributed by atoms with van der Waals surface area (Å²) in [7, 11) is 1.70. The third-order valence-electron chi connectivity index (χ3n) is 2.40. The number of methoxy groups -OCH3 is 1. The van der Waals surface area contributed by atoms with Crippen molar-refractivity contribution in [2.24, 2.45) is 0 Å². The predicted molar refractivity (Wildman–Crippen MR) is 75.1 cm³/mol. The number of nitrogens with zero attached hydrogens (tertiary/aromatic N) is 3. The van der Waals surface area contributed by atoms with Crippen molar-refractivity contribution in [1.82, 2.24) is 15.2 Å². The van der Waals surface area contributed by atoms with Gasteiger partial charge >= 0.3 is 0 Å². The van der Waals surface area contributed by atoms with Crippen molar-refractivity contribution in [2.75, 3.05) is 19.5 Å². The van der Waals surface area contributed by atoms with Gasteiger partial charge in [-0.15, -0.1) is 21.5 Å². The van der Waals surface area contributed by atoms with Gasteiger partial charge in [-0.25, -0.2) is 4.98 Å². The standard InChI is InChI=1S/C11H16N4OS2/c1-6(2)8-9(10-14-15-11(12)18-10)17-7(13-8)4-5-16-3/h6H,4-5H2,1-3H3,(H2,12,15). The van der Waals surface area contributed by atoms with Crippen LogP contribution in [0.2, 0.25) is 0 Å². The Labute approximate surface area is 114 Å². The maximum absolute atomic E-state index is 5.64. The van der Waals surface area contributed by atoms with Crippen LogP contribution in [0, 0.1) is 0 Å². The molecule has 2 aromatic rings. The molecule has 0 radical (unpaired) electrons. The molecule has 0 aliphatic heterocycles. The Hall–Kier alpha value is -1.05. The van der Waals surface area contributed by atoms with E-state index in [9.17, 15) is 0 Å². The molecule has 0 saturated carbocycles. The first-order valence-corrected chi connectivity index (χ1v) is 7.33. The molecule has 2 aromatic heterocycles. The Morgan fingerprint density at radius 2 is 2.06 bits per heavy atom. The van der Waals surface area contributed by atoms with Crippen molar-refractivity contribution in [3.63, 3.8) is 0 Å². The summed E-state index contributed by atoms with van der Waals surface area (Å²) >= 11 is 3.06. The van der Waals surface area contributed by atoms with Crippen LogP contribution in [0.25, 0.3) is 9.88 Å². The normalized spacial score (nSPS) is 11.3. The molecule has 0 bridgehead atoms. The SMILES string of the molecule is COCCc1nc(C(C)C)c(-c2nnc(N)s2)s1. The van der Waals surface area contributed by atoms with E-state index < -0.39 is 0 Å². The highest BCUT2D eigenvalue weighted by atomic mass is 32.1. The lowest BCUT2D eigenvalue weighted by atomic mass is 10.1. The van der Waals surface area contributed by atoms with E-state index in [-0.39, 0.29) is 0 Å². The van der Waals surface area contributed by atoms with Crippen LogP contribution >= 0.6 is 22.7 Å². The first-order chi connectivity index (χ1) is 8.61. The van der Waals surface area contributed by atoms with Crippen LogP contribution in [-0.4, -0.2) is 28.9 Å². The van der Waals surface area contributed by atoms with E-state index in [1.165, 1.54) is 11.3 Å². The van der Waals surface area contributed by atoms with Crippen LogP contribution in [0.15, 0.2) is 0 Å². The maximum atomic E-state index is 5.64. The molecule has 0 aliphatic carbocycles. The summed E-state index contributed by atoms with van der Waals surface area (Å²) in [5.74, 6) is 0.359. The molecule has 2 heterocycles. The lowest BCUT2D eigenvalue weighted by molar-refractivity contribution is 0.202. The van der Waals surface area contributed by atoms with Crippen molar-refractivity contribution in [3.05, 3.63) is 10.7 Å². The van der Waals surface area contributed by atoms with Crippen LogP contribution in [-0.2, 0) is 11.2 Å². The highest BCUT2D eigenvalue weighted by Gasteiger charge is 2.18. The van der Waals surface area contributed by atoms with Gasteiger partial charge in [0, 0.05) is 13.5 Å². The molecular weight excluding hydrogens is 268 g/mol. The Morgan fingerprint density at radius 3 is 2.61 bits per heavy atom. The van der Waals surface area contributed by atoms with E-state index >= 15 is 0 Å². The zero-order valence-corrected chi connectivity index (χ0v) is 12.3. The van der Waals surface area contributed by atoms with Gasteiger partial charge in [-0.2, -0.15) is 0 Å². The summed E-state index contributed by atoms with van der Waals surface area (Å²) in [6.45, 7) is 4.94. The Morgan fingerprint density at radius 1 is 1.28 bits per heavy atom. The van der Waals surface area contributed by atoms with Gasteiger partial charge in [-0.1, -0.05) is 25.2 Å². The van der Waals surface area contributed by atoms with Gasteiger partial charge in [0.1, 0.15) is 0 Å². The van der Waals surface area contributed by atoms with Gasteiger partial charge in [0.05, 0.1) is 22.2 Å². The molecule has 0 unspecified atom stereocenters. The molecule has 0 fully saturated rings. The van der Waals surface area contributed by atoms with Crippen LogP contribution in [0.5, 0.6) is 0 Å². The maximum Gasteiger partial charge on any atom is 0.203 e. The van der Waals surface area contributed by atoms with E-state index in [1.54, 1.807) is 18.4 Å². The zero-order valence-electron chi connectivity index (χ0n) is 10.6. The van der Waals surface area contributed by atoms with E-state index in [4.69, 9.17) is 10.5 Å². The minimum absolute atomic E-state index is 0.359. The smallest absolute Gasteiger partial charge is 0.203 e. The molecule has 2 N–H and O–H groups in total. The van der Waals surface area contributed by atoms with Crippen LogP contribution in [0.3, 0.4) is 0 Å². The zero-order chi connectivity index (χ0) is 13.1. The van der Waals surface area contributed by atoms with Crippen LogP contribution in [0.1, 0.15) is 30.5 Å². The molecule has 0 spiro atoms. The monoisotopic (exact) mass is 284 g/mol. The van der Waals surface area contributed by atoms with E-state index in [0.29, 0.717) is 17.7 Å². The molecule has 0 amide bonds. The van der Waals surface area contributed by atoms with Crippen molar-refractivity contribution >= 4 is 27.8 Å². The predicted octanol–water partition coefficient (Wildman–Crippen LogP) is 2.56. The number of nitrogen functional groups attached to an aromatic ring is 1. The third kappa shape index (κ3) is 2.85. The average molecular weight is 284 g/mol. The topological polar surface area (TPSA) is 73.9 Å². The number of hydrogen-bond acceptors (Lipinski definition) is 7. The number of thiazole rings is 1.